The monoisotopic (exact) mass is 401 g/mol. The summed E-state index contributed by atoms with van der Waals surface area (Å²) in [5, 5.41) is 0. The molecule has 5 heavy (non-hydrogen) atoms. The third kappa shape index (κ3) is 24.8. The first kappa shape index (κ1) is 15.8. The number of nitrogens with two attached hydrogens (primary N) is 1. The van der Waals surface area contributed by atoms with E-state index in [0.29, 0.717) is 0 Å². The van der Waals surface area contributed by atoms with Gasteiger partial charge in [0.25, 0.3) is 0 Å². The van der Waals surface area contributed by atoms with E-state index >= 15 is 0 Å². The van der Waals surface area contributed by atoms with Crippen LogP contribution < -0.4 is 5.73 Å². The topological polar surface area (TPSA) is 26.0 Å². The maximum absolute atomic E-state index is 4.61. The van der Waals surface area contributed by atoms with Gasteiger partial charge in [-0.2, -0.15) is 0 Å². The molecule has 4 heteroatoms. The van der Waals surface area contributed by atoms with Gasteiger partial charge in [0, 0.05) is 48.8 Å². The molecule has 2 N–H and O–H groups in total. The van der Waals surface area contributed by atoms with Gasteiger partial charge in [0.15, 0.2) is 0 Å². The molecule has 0 spiro atoms. The first-order valence-corrected chi connectivity index (χ1v) is 3.45. The molecular weight excluding hydrogens is 396 g/mol. The fraction of sp³-hybridized carbons (Fsp3) is 1.00. The summed E-state index contributed by atoms with van der Waals surface area (Å²) in [6.45, 7) is 0. The van der Waals surface area contributed by atoms with Crippen LogP contribution >= 0.6 is 30.4 Å². The second-order valence-electron chi connectivity index (χ2n) is 0. The summed E-state index contributed by atoms with van der Waals surface area (Å²) in [7, 11) is 6.11. The van der Waals surface area contributed by atoms with Crippen LogP contribution in [0.5, 0.6) is 0 Å². The van der Waals surface area contributed by atoms with Gasteiger partial charge in [-0.15, -0.1) is 0 Å². The molecule has 0 heterocycles. The molecule has 0 aromatic rings. The number of hydrogen-bond acceptors (Lipinski definition) is 1. The predicted octanol–water partition coefficient (Wildman–Crippen LogP) is 0.769. The van der Waals surface area contributed by atoms with Gasteiger partial charge in [0.2, 0.25) is 0 Å². The first-order chi connectivity index (χ1) is 2.00. The average molecular weight is 401 g/mol. The summed E-state index contributed by atoms with van der Waals surface area (Å²) in [6, 6.07) is 0. The fourth-order valence-electron chi connectivity index (χ4n) is 0. The number of halogens is 2. The van der Waals surface area contributed by atoms with Crippen LogP contribution in [0.3, 0.4) is 0 Å². The molecule has 0 aliphatic rings. The van der Waals surface area contributed by atoms with E-state index < -0.39 is 0 Å². The maximum atomic E-state index is 4.61. The van der Waals surface area contributed by atoms with Crippen LogP contribution in [-0.2, 0) is 0 Å². The van der Waals surface area contributed by atoms with Gasteiger partial charge in [-0.1, -0.05) is 0 Å². The first-order valence-electron chi connectivity index (χ1n) is 0.720. The van der Waals surface area contributed by atoms with Gasteiger partial charge in [-0.05, 0) is 16.0 Å². The van der Waals surface area contributed by atoms with E-state index in [9.17, 15) is 0 Å². The molecule has 0 unspecified atom stereocenters. The molecule has 0 aliphatic heterocycles. The van der Waals surface area contributed by atoms with Gasteiger partial charge < -0.3 is 5.73 Å². The van der Waals surface area contributed by atoms with Gasteiger partial charge in [0.1, 0.15) is 0 Å². The van der Waals surface area contributed by atoms with Gasteiger partial charge in [-0.25, -0.2) is 0 Å². The van der Waals surface area contributed by atoms with E-state index in [2.05, 4.69) is 14.6 Å². The van der Waals surface area contributed by atoms with E-state index in [1.54, 1.807) is 21.5 Å². The van der Waals surface area contributed by atoms with Crippen molar-refractivity contribution in [3.8, 4) is 0 Å². The van der Waals surface area contributed by atoms with E-state index in [0.717, 1.165) is 0 Å². The summed E-state index contributed by atoms with van der Waals surface area (Å²) in [4.78, 5) is 0. The summed E-state index contributed by atoms with van der Waals surface area (Å²) < 4.78 is 0. The van der Waals surface area contributed by atoms with Crippen molar-refractivity contribution >= 4 is 57.7 Å². The van der Waals surface area contributed by atoms with Crippen LogP contribution in [0.4, 0.5) is 0 Å². The molecule has 0 fully saturated rings. The van der Waals surface area contributed by atoms with Crippen LogP contribution in [0.25, 0.3) is 0 Å². The Balaban J connectivity index is -0.0000000133. The summed E-state index contributed by atoms with van der Waals surface area (Å²) >= 11 is 1.62. The third-order valence-corrected chi connectivity index (χ3v) is 0. The smallest absolute Gasteiger partial charge is 0.0425 e. The van der Waals surface area contributed by atoms with Crippen LogP contribution in [-0.4, -0.2) is 34.3 Å². The van der Waals surface area contributed by atoms with Crippen molar-refractivity contribution in [2.75, 3.05) is 7.05 Å². The van der Waals surface area contributed by atoms with Crippen LogP contribution in [0.15, 0.2) is 0 Å². The molecule has 0 atom stereocenters. The normalized spacial score (nSPS) is 2.40. The Labute approximate surface area is 69.6 Å². The average Bonchev–Trinajstić information content (AvgIpc) is 1.50. The molecule has 0 aliphatic carbocycles. The van der Waals surface area contributed by atoms with Gasteiger partial charge in [-0.3, -0.25) is 0 Å². The molecule has 0 aromatic carbocycles. The number of rotatable bonds is 0. The molecule has 0 amide bonds. The second kappa shape index (κ2) is 39.2. The van der Waals surface area contributed by atoms with Crippen molar-refractivity contribution < 1.29 is 0 Å². The molecule has 0 saturated heterocycles. The Morgan fingerprint density at radius 1 is 1.40 bits per heavy atom. The zero-order chi connectivity index (χ0) is 4.00. The third-order valence-electron chi connectivity index (χ3n) is 0. The minimum atomic E-state index is 0. The van der Waals surface area contributed by atoms with Crippen LogP contribution in [0.2, 0.25) is 0 Å². The number of hydrogen-bond donors (Lipinski definition) is 1. The Bertz CT molecular complexity index is 11.6. The Morgan fingerprint density at radius 2 is 1.40 bits per heavy atom. The van der Waals surface area contributed by atoms with E-state index in [-0.39, 0.29) is 27.3 Å². The zero-order valence-electron chi connectivity index (χ0n) is 2.83. The van der Waals surface area contributed by atoms with Crippen molar-refractivity contribution in [3.05, 3.63) is 0 Å². The zero-order valence-corrected chi connectivity index (χ0v) is 9.63. The Hall–Kier alpha value is 1.90. The van der Waals surface area contributed by atoms with Crippen molar-refractivity contribution in [2.24, 2.45) is 5.73 Å². The van der Waals surface area contributed by atoms with Crippen molar-refractivity contribution in [1.29, 1.82) is 0 Å². The van der Waals surface area contributed by atoms with E-state index in [4.69, 9.17) is 0 Å². The minimum absolute atomic E-state index is 0. The summed E-state index contributed by atoms with van der Waals surface area (Å²) in [6.07, 6.45) is 0. The summed E-state index contributed by atoms with van der Waals surface area (Å²) in [5.41, 5.74) is 4.50. The van der Waals surface area contributed by atoms with E-state index in [1.165, 1.54) is 7.05 Å². The van der Waals surface area contributed by atoms with Crippen LogP contribution in [0.1, 0.15) is 0 Å². The molecule has 4 radical (unpaired) electrons. The molecule has 0 aromatic heterocycles. The quantitative estimate of drug-likeness (QED) is 0.472. The van der Waals surface area contributed by atoms with Crippen LogP contribution in [0, 0.1) is 0 Å². The standard InChI is InChI=1S/CH5N.ClI.Pb/c2*1-2;/h2H2,1H3;;. The van der Waals surface area contributed by atoms with Gasteiger partial charge in [0.05, 0.1) is 0 Å². The Kier molecular flexibility index (Phi) is 124. The van der Waals surface area contributed by atoms with Crippen molar-refractivity contribution in [3.63, 3.8) is 0 Å². The summed E-state index contributed by atoms with van der Waals surface area (Å²) in [5.74, 6) is 0. The predicted molar refractivity (Wildman–Crippen MR) is 35.7 cm³/mol. The second-order valence-corrected chi connectivity index (χ2v) is 0. The van der Waals surface area contributed by atoms with Crippen molar-refractivity contribution in [1.82, 2.24) is 0 Å². The molecular formula is CH5ClINPb. The largest absolute Gasteiger partial charge is 0.333 e. The Morgan fingerprint density at radius 3 is 1.40 bits per heavy atom. The van der Waals surface area contributed by atoms with Gasteiger partial charge >= 0.3 is 0 Å². The molecule has 0 rings (SSSR count). The fourth-order valence-corrected chi connectivity index (χ4v) is 0. The molecule has 0 bridgehead atoms. The van der Waals surface area contributed by atoms with Crippen molar-refractivity contribution in [2.45, 2.75) is 0 Å². The maximum Gasteiger partial charge on any atom is 0.0425 e. The molecule has 1 nitrogen and oxygen atoms in total. The van der Waals surface area contributed by atoms with E-state index in [1.807, 2.05) is 0 Å². The SMILES string of the molecule is CN.ClI.[Pb]. The molecule has 32 valence electrons. The molecule has 0 saturated carbocycles. The minimum Gasteiger partial charge on any atom is -0.333 e.